The van der Waals surface area contributed by atoms with E-state index in [0.717, 1.165) is 12.3 Å². The smallest absolute Gasteiger partial charge is 0.0584 e. The number of aliphatic hydroxyl groups is 1. The Bertz CT molecular complexity index is 106. The predicted octanol–water partition coefficient (Wildman–Crippen LogP) is 1.15. The van der Waals surface area contributed by atoms with Crippen LogP contribution in [0, 0.1) is 5.92 Å². The van der Waals surface area contributed by atoms with Gasteiger partial charge >= 0.3 is 0 Å². The minimum atomic E-state index is 0.279. The Hall–Kier alpha value is -0.0800. The van der Waals surface area contributed by atoms with E-state index in [1.54, 1.807) is 0 Å². The summed E-state index contributed by atoms with van der Waals surface area (Å²) in [5.74, 6) is 0.892. The van der Waals surface area contributed by atoms with E-state index >= 15 is 0 Å². The fourth-order valence-electron chi connectivity index (χ4n) is 1.67. The zero-order valence-corrected chi connectivity index (χ0v) is 7.51. The highest BCUT2D eigenvalue weighted by Crippen LogP contribution is 2.26. The van der Waals surface area contributed by atoms with E-state index in [0.29, 0.717) is 12.1 Å². The molecular weight excluding hydrogens is 138 g/mol. The molecule has 0 bridgehead atoms. The maximum absolute atomic E-state index is 8.90. The molecule has 0 aliphatic heterocycles. The van der Waals surface area contributed by atoms with Gasteiger partial charge in [0, 0.05) is 12.1 Å². The largest absolute Gasteiger partial charge is 0.395 e. The van der Waals surface area contributed by atoms with Crippen LogP contribution in [0.15, 0.2) is 0 Å². The Morgan fingerprint density at radius 2 is 2.18 bits per heavy atom. The minimum Gasteiger partial charge on any atom is -0.395 e. The van der Waals surface area contributed by atoms with Crippen LogP contribution in [0.3, 0.4) is 0 Å². The van der Waals surface area contributed by atoms with Gasteiger partial charge in [0.25, 0.3) is 0 Å². The molecule has 1 aliphatic rings. The Kier molecular flexibility index (Phi) is 3.34. The Balaban J connectivity index is 2.09. The van der Waals surface area contributed by atoms with Crippen LogP contribution in [0.25, 0.3) is 0 Å². The first-order valence-electron chi connectivity index (χ1n) is 4.63. The molecule has 1 atom stereocenters. The average Bonchev–Trinajstić information content (AvgIpc) is 1.96. The molecule has 0 aromatic heterocycles. The van der Waals surface area contributed by atoms with Crippen LogP contribution in [0.2, 0.25) is 0 Å². The first kappa shape index (κ1) is 9.01. The van der Waals surface area contributed by atoms with Crippen molar-refractivity contribution in [2.45, 2.75) is 45.2 Å². The fourth-order valence-corrected chi connectivity index (χ4v) is 1.67. The number of hydrogen-bond acceptors (Lipinski definition) is 2. The van der Waals surface area contributed by atoms with E-state index in [1.807, 2.05) is 0 Å². The zero-order valence-electron chi connectivity index (χ0n) is 7.51. The number of rotatable bonds is 4. The normalized spacial score (nSPS) is 33.0. The number of hydrogen-bond donors (Lipinski definition) is 2. The topological polar surface area (TPSA) is 32.3 Å². The van der Waals surface area contributed by atoms with Gasteiger partial charge in [0.15, 0.2) is 0 Å². The molecule has 1 aliphatic carbocycles. The number of nitrogens with one attached hydrogen (secondary N) is 1. The van der Waals surface area contributed by atoms with Crippen LogP contribution in [0.1, 0.15) is 33.1 Å². The predicted molar refractivity (Wildman–Crippen MR) is 46.5 cm³/mol. The first-order chi connectivity index (χ1) is 5.26. The maximum Gasteiger partial charge on any atom is 0.0584 e. The second-order valence-corrected chi connectivity index (χ2v) is 3.73. The SMILES string of the molecule is CCC(CO)NC1CC(C)C1. The van der Waals surface area contributed by atoms with Crippen molar-refractivity contribution in [2.75, 3.05) is 6.61 Å². The van der Waals surface area contributed by atoms with Gasteiger partial charge in [-0.05, 0) is 25.2 Å². The van der Waals surface area contributed by atoms with Gasteiger partial charge in [-0.3, -0.25) is 0 Å². The summed E-state index contributed by atoms with van der Waals surface area (Å²) >= 11 is 0. The Morgan fingerprint density at radius 1 is 1.55 bits per heavy atom. The lowest BCUT2D eigenvalue weighted by Gasteiger charge is -2.35. The molecule has 1 fully saturated rings. The van der Waals surface area contributed by atoms with E-state index in [-0.39, 0.29) is 6.61 Å². The molecule has 0 radical (unpaired) electrons. The van der Waals surface area contributed by atoms with Crippen LogP contribution in [0.5, 0.6) is 0 Å². The average molecular weight is 157 g/mol. The lowest BCUT2D eigenvalue weighted by molar-refractivity contribution is 0.175. The van der Waals surface area contributed by atoms with E-state index < -0.39 is 0 Å². The van der Waals surface area contributed by atoms with E-state index in [2.05, 4.69) is 19.2 Å². The van der Waals surface area contributed by atoms with Gasteiger partial charge in [0.05, 0.1) is 6.61 Å². The molecule has 1 saturated carbocycles. The standard InChI is InChI=1S/C9H19NO/c1-3-8(6-11)10-9-4-7(2)5-9/h7-11H,3-6H2,1-2H3. The summed E-state index contributed by atoms with van der Waals surface area (Å²) in [6, 6.07) is 1.01. The van der Waals surface area contributed by atoms with Gasteiger partial charge in [0.2, 0.25) is 0 Å². The third kappa shape index (κ3) is 2.46. The van der Waals surface area contributed by atoms with Gasteiger partial charge in [-0.1, -0.05) is 13.8 Å². The van der Waals surface area contributed by atoms with Crippen LogP contribution in [-0.2, 0) is 0 Å². The summed E-state index contributed by atoms with van der Waals surface area (Å²) in [6.45, 7) is 4.66. The molecule has 2 nitrogen and oxygen atoms in total. The van der Waals surface area contributed by atoms with Crippen molar-refractivity contribution in [1.82, 2.24) is 5.32 Å². The molecule has 1 unspecified atom stereocenters. The van der Waals surface area contributed by atoms with Crippen LogP contribution >= 0.6 is 0 Å². The molecule has 2 N–H and O–H groups in total. The van der Waals surface area contributed by atoms with Gasteiger partial charge in [0.1, 0.15) is 0 Å². The lowest BCUT2D eigenvalue weighted by atomic mass is 9.81. The van der Waals surface area contributed by atoms with Crippen molar-refractivity contribution in [3.63, 3.8) is 0 Å². The molecule has 0 aromatic carbocycles. The number of aliphatic hydroxyl groups excluding tert-OH is 1. The molecule has 0 aromatic rings. The zero-order chi connectivity index (χ0) is 8.27. The van der Waals surface area contributed by atoms with E-state index in [9.17, 15) is 0 Å². The first-order valence-corrected chi connectivity index (χ1v) is 4.63. The quantitative estimate of drug-likeness (QED) is 0.641. The maximum atomic E-state index is 8.90. The molecule has 0 spiro atoms. The highest BCUT2D eigenvalue weighted by atomic mass is 16.3. The second kappa shape index (κ2) is 4.07. The summed E-state index contributed by atoms with van der Waals surface area (Å²) in [5.41, 5.74) is 0. The third-order valence-electron chi connectivity index (χ3n) is 2.56. The van der Waals surface area contributed by atoms with Crippen molar-refractivity contribution >= 4 is 0 Å². The summed E-state index contributed by atoms with van der Waals surface area (Å²) in [6.07, 6.45) is 3.61. The van der Waals surface area contributed by atoms with Gasteiger partial charge in [-0.15, -0.1) is 0 Å². The van der Waals surface area contributed by atoms with Crippen LogP contribution in [-0.4, -0.2) is 23.8 Å². The summed E-state index contributed by atoms with van der Waals surface area (Å²) in [4.78, 5) is 0. The molecule has 0 amide bonds. The second-order valence-electron chi connectivity index (χ2n) is 3.73. The molecular formula is C9H19NO. The lowest BCUT2D eigenvalue weighted by Crippen LogP contribution is -2.46. The van der Waals surface area contributed by atoms with Gasteiger partial charge in [-0.25, -0.2) is 0 Å². The monoisotopic (exact) mass is 157 g/mol. The van der Waals surface area contributed by atoms with Crippen molar-refractivity contribution in [3.05, 3.63) is 0 Å². The molecule has 0 saturated heterocycles. The highest BCUT2D eigenvalue weighted by Gasteiger charge is 2.26. The fraction of sp³-hybridized carbons (Fsp3) is 1.00. The molecule has 0 heterocycles. The molecule has 2 heteroatoms. The Morgan fingerprint density at radius 3 is 2.55 bits per heavy atom. The van der Waals surface area contributed by atoms with Crippen LogP contribution < -0.4 is 5.32 Å². The summed E-state index contributed by atoms with van der Waals surface area (Å²) < 4.78 is 0. The van der Waals surface area contributed by atoms with E-state index in [1.165, 1.54) is 12.8 Å². The molecule has 11 heavy (non-hydrogen) atoms. The Labute approximate surface area is 69.0 Å². The van der Waals surface area contributed by atoms with E-state index in [4.69, 9.17) is 5.11 Å². The molecule has 66 valence electrons. The van der Waals surface area contributed by atoms with Crippen molar-refractivity contribution in [2.24, 2.45) is 5.92 Å². The highest BCUT2D eigenvalue weighted by molar-refractivity contribution is 4.84. The van der Waals surface area contributed by atoms with Crippen molar-refractivity contribution < 1.29 is 5.11 Å². The van der Waals surface area contributed by atoms with Crippen LogP contribution in [0.4, 0.5) is 0 Å². The summed E-state index contributed by atoms with van der Waals surface area (Å²) in [5, 5.41) is 12.3. The third-order valence-corrected chi connectivity index (χ3v) is 2.56. The molecule has 1 rings (SSSR count). The van der Waals surface area contributed by atoms with Crippen molar-refractivity contribution in [1.29, 1.82) is 0 Å². The van der Waals surface area contributed by atoms with Gasteiger partial charge < -0.3 is 10.4 Å². The van der Waals surface area contributed by atoms with Crippen molar-refractivity contribution in [3.8, 4) is 0 Å². The summed E-state index contributed by atoms with van der Waals surface area (Å²) in [7, 11) is 0. The minimum absolute atomic E-state index is 0.279. The van der Waals surface area contributed by atoms with Gasteiger partial charge in [-0.2, -0.15) is 0 Å².